The van der Waals surface area contributed by atoms with Gasteiger partial charge in [-0.2, -0.15) is 5.10 Å². The fraction of sp³-hybridized carbons (Fsp3) is 0.250. The van der Waals surface area contributed by atoms with Crippen LogP contribution in [0.2, 0.25) is 0 Å². The van der Waals surface area contributed by atoms with Crippen molar-refractivity contribution < 1.29 is 0 Å². The summed E-state index contributed by atoms with van der Waals surface area (Å²) in [5, 5.41) is 10.2. The highest BCUT2D eigenvalue weighted by Crippen LogP contribution is 2.21. The van der Waals surface area contributed by atoms with E-state index >= 15 is 0 Å². The van der Waals surface area contributed by atoms with Gasteiger partial charge in [0.25, 0.3) is 0 Å². The van der Waals surface area contributed by atoms with E-state index in [2.05, 4.69) is 39.3 Å². The van der Waals surface area contributed by atoms with Gasteiger partial charge in [0, 0.05) is 10.5 Å². The molecule has 0 saturated heterocycles. The number of hydrogen-bond donors (Lipinski definition) is 1. The number of H-pyrrole nitrogens is 1. The largest absolute Gasteiger partial charge is 0.275 e. The van der Waals surface area contributed by atoms with Gasteiger partial charge in [0.2, 0.25) is 0 Å². The maximum atomic E-state index is 8.31. The standard InChI is InChI=1S/C12H13N5/c1-2-3-9-4-6-10(7-5-9)11-8-12(15-14-11)16-17-13/h4-8H,2-3H2,1H3,(H,14,15). The van der Waals surface area contributed by atoms with Crippen molar-refractivity contribution >= 4 is 5.82 Å². The van der Waals surface area contributed by atoms with Crippen LogP contribution in [0.1, 0.15) is 18.9 Å². The van der Waals surface area contributed by atoms with Crippen LogP contribution >= 0.6 is 0 Å². The Bertz CT molecular complexity index is 534. The average Bonchev–Trinajstić information content (AvgIpc) is 2.80. The molecule has 0 fully saturated rings. The lowest BCUT2D eigenvalue weighted by Crippen LogP contribution is -1.83. The van der Waals surface area contributed by atoms with E-state index in [0.29, 0.717) is 5.82 Å². The van der Waals surface area contributed by atoms with Crippen molar-refractivity contribution in [1.82, 2.24) is 10.2 Å². The molecule has 0 amide bonds. The van der Waals surface area contributed by atoms with Crippen molar-refractivity contribution in [2.75, 3.05) is 0 Å². The van der Waals surface area contributed by atoms with Crippen LogP contribution in [0.15, 0.2) is 35.4 Å². The van der Waals surface area contributed by atoms with Crippen molar-refractivity contribution in [1.29, 1.82) is 0 Å². The van der Waals surface area contributed by atoms with E-state index in [1.807, 2.05) is 12.1 Å². The molecule has 0 radical (unpaired) electrons. The zero-order valence-corrected chi connectivity index (χ0v) is 9.59. The van der Waals surface area contributed by atoms with Crippen molar-refractivity contribution in [3.05, 3.63) is 46.3 Å². The van der Waals surface area contributed by atoms with Crippen LogP contribution in [0.4, 0.5) is 5.82 Å². The smallest absolute Gasteiger partial charge is 0.122 e. The van der Waals surface area contributed by atoms with E-state index in [0.717, 1.165) is 24.1 Å². The second-order valence-corrected chi connectivity index (χ2v) is 3.77. The Morgan fingerprint density at radius 2 is 2.12 bits per heavy atom. The Balaban J connectivity index is 2.23. The molecular formula is C12H13N5. The first kappa shape index (κ1) is 11.2. The molecule has 0 aliphatic rings. The van der Waals surface area contributed by atoms with E-state index in [-0.39, 0.29) is 0 Å². The SMILES string of the molecule is CCCc1ccc(-c2cc(N=[N+]=[N-])[nH]n2)cc1. The molecule has 0 atom stereocenters. The summed E-state index contributed by atoms with van der Waals surface area (Å²) >= 11 is 0. The van der Waals surface area contributed by atoms with Gasteiger partial charge in [-0.25, -0.2) is 0 Å². The summed E-state index contributed by atoms with van der Waals surface area (Å²) in [6, 6.07) is 9.98. The number of azide groups is 1. The van der Waals surface area contributed by atoms with Gasteiger partial charge in [-0.3, -0.25) is 5.10 Å². The number of aromatic amines is 1. The first-order valence-electron chi connectivity index (χ1n) is 5.53. The van der Waals surface area contributed by atoms with E-state index < -0.39 is 0 Å². The normalized spacial score (nSPS) is 9.94. The Morgan fingerprint density at radius 1 is 1.35 bits per heavy atom. The highest BCUT2D eigenvalue weighted by molar-refractivity contribution is 5.62. The molecule has 0 spiro atoms. The second-order valence-electron chi connectivity index (χ2n) is 3.77. The fourth-order valence-electron chi connectivity index (χ4n) is 1.69. The summed E-state index contributed by atoms with van der Waals surface area (Å²) in [4.78, 5) is 2.71. The zero-order chi connectivity index (χ0) is 12.1. The molecule has 5 heteroatoms. The lowest BCUT2D eigenvalue weighted by Gasteiger charge is -2.00. The van der Waals surface area contributed by atoms with Crippen LogP contribution in [-0.2, 0) is 6.42 Å². The van der Waals surface area contributed by atoms with Crippen LogP contribution in [0.3, 0.4) is 0 Å². The Labute approximate surface area is 99.1 Å². The minimum atomic E-state index is 0.431. The van der Waals surface area contributed by atoms with Gasteiger partial charge in [-0.05, 0) is 28.7 Å². The maximum absolute atomic E-state index is 8.31. The van der Waals surface area contributed by atoms with Crippen molar-refractivity contribution in [2.45, 2.75) is 19.8 Å². The number of rotatable bonds is 4. The zero-order valence-electron chi connectivity index (χ0n) is 9.59. The summed E-state index contributed by atoms with van der Waals surface area (Å²) in [5.74, 6) is 0.431. The molecule has 0 unspecified atom stereocenters. The third-order valence-corrected chi connectivity index (χ3v) is 2.51. The van der Waals surface area contributed by atoms with Gasteiger partial charge in [0.15, 0.2) is 0 Å². The van der Waals surface area contributed by atoms with Gasteiger partial charge >= 0.3 is 0 Å². The minimum Gasteiger partial charge on any atom is -0.275 e. The van der Waals surface area contributed by atoms with Crippen LogP contribution in [0.25, 0.3) is 21.7 Å². The minimum absolute atomic E-state index is 0.431. The monoisotopic (exact) mass is 227 g/mol. The summed E-state index contributed by atoms with van der Waals surface area (Å²) in [5.41, 5.74) is 11.4. The van der Waals surface area contributed by atoms with Crippen LogP contribution < -0.4 is 0 Å². The van der Waals surface area contributed by atoms with E-state index in [9.17, 15) is 0 Å². The molecule has 2 aromatic rings. The molecule has 1 N–H and O–H groups in total. The van der Waals surface area contributed by atoms with E-state index in [1.165, 1.54) is 5.56 Å². The Hall–Kier alpha value is -2.26. The molecule has 86 valence electrons. The van der Waals surface area contributed by atoms with Crippen molar-refractivity contribution in [3.8, 4) is 11.3 Å². The van der Waals surface area contributed by atoms with Crippen LogP contribution in [0.5, 0.6) is 0 Å². The number of hydrogen-bond acceptors (Lipinski definition) is 2. The van der Waals surface area contributed by atoms with Gasteiger partial charge in [-0.15, -0.1) is 0 Å². The third kappa shape index (κ3) is 2.65. The molecule has 0 bridgehead atoms. The van der Waals surface area contributed by atoms with E-state index in [1.54, 1.807) is 6.07 Å². The Morgan fingerprint density at radius 3 is 2.76 bits per heavy atom. The Kier molecular flexibility index (Phi) is 3.43. The average molecular weight is 227 g/mol. The maximum Gasteiger partial charge on any atom is 0.122 e. The number of nitrogens with one attached hydrogen (secondary N) is 1. The molecule has 1 heterocycles. The quantitative estimate of drug-likeness (QED) is 0.478. The number of nitrogens with zero attached hydrogens (tertiary/aromatic N) is 4. The number of benzene rings is 1. The van der Waals surface area contributed by atoms with Crippen LogP contribution in [-0.4, -0.2) is 10.2 Å². The number of aromatic nitrogens is 2. The summed E-state index contributed by atoms with van der Waals surface area (Å²) in [6.45, 7) is 2.16. The molecular weight excluding hydrogens is 214 g/mol. The second kappa shape index (κ2) is 5.18. The highest BCUT2D eigenvalue weighted by atomic mass is 15.2. The van der Waals surface area contributed by atoms with Crippen molar-refractivity contribution in [3.63, 3.8) is 0 Å². The molecule has 1 aromatic carbocycles. The summed E-state index contributed by atoms with van der Waals surface area (Å²) in [6.07, 6.45) is 2.23. The number of aryl methyl sites for hydroxylation is 1. The first-order chi connectivity index (χ1) is 8.33. The molecule has 0 saturated carbocycles. The van der Waals surface area contributed by atoms with Crippen LogP contribution in [0, 0.1) is 0 Å². The third-order valence-electron chi connectivity index (χ3n) is 2.51. The van der Waals surface area contributed by atoms with Gasteiger partial charge in [-0.1, -0.05) is 37.6 Å². The predicted molar refractivity (Wildman–Crippen MR) is 66.8 cm³/mol. The summed E-state index contributed by atoms with van der Waals surface area (Å²) < 4.78 is 0. The lowest BCUT2D eigenvalue weighted by molar-refractivity contribution is 0.922. The summed E-state index contributed by atoms with van der Waals surface area (Å²) in [7, 11) is 0. The van der Waals surface area contributed by atoms with E-state index in [4.69, 9.17) is 5.53 Å². The fourth-order valence-corrected chi connectivity index (χ4v) is 1.69. The highest BCUT2D eigenvalue weighted by Gasteiger charge is 2.02. The predicted octanol–water partition coefficient (Wildman–Crippen LogP) is 3.97. The van der Waals surface area contributed by atoms with Gasteiger partial charge in [0.05, 0.1) is 5.69 Å². The van der Waals surface area contributed by atoms with Gasteiger partial charge in [0.1, 0.15) is 5.82 Å². The van der Waals surface area contributed by atoms with Gasteiger partial charge < -0.3 is 0 Å². The molecule has 5 nitrogen and oxygen atoms in total. The first-order valence-corrected chi connectivity index (χ1v) is 5.53. The molecule has 0 aliphatic heterocycles. The topological polar surface area (TPSA) is 77.4 Å². The molecule has 0 aliphatic carbocycles. The molecule has 2 rings (SSSR count). The molecule has 1 aromatic heterocycles. The molecule has 17 heavy (non-hydrogen) atoms. The lowest BCUT2D eigenvalue weighted by atomic mass is 10.1. The van der Waals surface area contributed by atoms with Crippen molar-refractivity contribution in [2.24, 2.45) is 5.11 Å².